The van der Waals surface area contributed by atoms with Crippen LogP contribution < -0.4 is 9.62 Å². The molecular weight excluding hydrogens is 332 g/mol. The van der Waals surface area contributed by atoms with Crippen LogP contribution in [0.4, 0.5) is 11.4 Å². The number of anilines is 2. The lowest BCUT2D eigenvalue weighted by molar-refractivity contribution is 0.600. The summed E-state index contributed by atoms with van der Waals surface area (Å²) >= 11 is 6.17. The van der Waals surface area contributed by atoms with Gasteiger partial charge in [0.15, 0.2) is 0 Å². The Bertz CT molecular complexity index is 772. The summed E-state index contributed by atoms with van der Waals surface area (Å²) in [6.45, 7) is 2.00. The normalized spacial score (nSPS) is 14.9. The van der Waals surface area contributed by atoms with Gasteiger partial charge in [-0.25, -0.2) is 8.42 Å². The van der Waals surface area contributed by atoms with E-state index in [1.165, 1.54) is 0 Å². The minimum Gasteiger partial charge on any atom is -0.371 e. The fourth-order valence-electron chi connectivity index (χ4n) is 2.76. The van der Waals surface area contributed by atoms with Crippen LogP contribution in [0.25, 0.3) is 0 Å². The van der Waals surface area contributed by atoms with E-state index in [2.05, 4.69) is 9.62 Å². The van der Waals surface area contributed by atoms with Gasteiger partial charge in [0.1, 0.15) is 0 Å². The number of hydrogen-bond acceptors (Lipinski definition) is 3. The lowest BCUT2D eigenvalue weighted by Crippen LogP contribution is -2.19. The van der Waals surface area contributed by atoms with Gasteiger partial charge in [-0.2, -0.15) is 0 Å². The summed E-state index contributed by atoms with van der Waals surface area (Å²) in [6, 6.07) is 14.6. The molecule has 122 valence electrons. The van der Waals surface area contributed by atoms with Crippen LogP contribution in [0.15, 0.2) is 48.5 Å². The van der Waals surface area contributed by atoms with Gasteiger partial charge in [0.2, 0.25) is 10.0 Å². The summed E-state index contributed by atoms with van der Waals surface area (Å²) in [5.41, 5.74) is 2.18. The van der Waals surface area contributed by atoms with Gasteiger partial charge in [-0.05, 0) is 36.6 Å². The van der Waals surface area contributed by atoms with Crippen LogP contribution in [-0.2, 0) is 15.8 Å². The predicted octanol–water partition coefficient (Wildman–Crippen LogP) is 3.88. The van der Waals surface area contributed by atoms with Crippen LogP contribution >= 0.6 is 11.6 Å². The van der Waals surface area contributed by atoms with Crippen LogP contribution in [0, 0.1) is 0 Å². The molecule has 3 rings (SSSR count). The number of sulfonamides is 1. The summed E-state index contributed by atoms with van der Waals surface area (Å²) in [5.74, 6) is -0.0713. The first kappa shape index (κ1) is 16.1. The van der Waals surface area contributed by atoms with E-state index in [-0.39, 0.29) is 5.75 Å². The van der Waals surface area contributed by atoms with Gasteiger partial charge >= 0.3 is 0 Å². The van der Waals surface area contributed by atoms with Crippen molar-refractivity contribution in [3.8, 4) is 0 Å². The largest absolute Gasteiger partial charge is 0.371 e. The van der Waals surface area contributed by atoms with E-state index in [4.69, 9.17) is 11.6 Å². The van der Waals surface area contributed by atoms with E-state index in [1.807, 2.05) is 30.3 Å². The number of nitrogens with zero attached hydrogens (tertiary/aromatic N) is 1. The molecule has 2 aromatic rings. The third-order valence-corrected chi connectivity index (χ3v) is 5.46. The van der Waals surface area contributed by atoms with Crippen molar-refractivity contribution < 1.29 is 8.42 Å². The molecule has 1 N–H and O–H groups in total. The van der Waals surface area contributed by atoms with Crippen LogP contribution in [0.5, 0.6) is 0 Å². The summed E-state index contributed by atoms with van der Waals surface area (Å²) in [6.07, 6.45) is 2.33. The van der Waals surface area contributed by atoms with E-state index in [9.17, 15) is 8.42 Å². The molecule has 0 unspecified atom stereocenters. The van der Waals surface area contributed by atoms with Crippen molar-refractivity contribution in [2.45, 2.75) is 18.6 Å². The summed E-state index contributed by atoms with van der Waals surface area (Å²) < 4.78 is 27.4. The number of hydrogen-bond donors (Lipinski definition) is 1. The molecule has 23 heavy (non-hydrogen) atoms. The van der Waals surface area contributed by atoms with Crippen molar-refractivity contribution in [1.82, 2.24) is 0 Å². The molecule has 1 heterocycles. The van der Waals surface area contributed by atoms with E-state index >= 15 is 0 Å². The van der Waals surface area contributed by atoms with Crippen molar-refractivity contribution in [2.24, 2.45) is 0 Å². The Balaban J connectivity index is 1.79. The Kier molecular flexibility index (Phi) is 4.78. The van der Waals surface area contributed by atoms with Gasteiger partial charge in [-0.15, -0.1) is 0 Å². The van der Waals surface area contributed by atoms with Gasteiger partial charge in [0, 0.05) is 18.8 Å². The molecule has 0 aliphatic carbocycles. The van der Waals surface area contributed by atoms with Gasteiger partial charge in [-0.3, -0.25) is 4.72 Å². The molecule has 1 saturated heterocycles. The zero-order chi connectivity index (χ0) is 16.3. The van der Waals surface area contributed by atoms with Crippen molar-refractivity contribution in [3.63, 3.8) is 0 Å². The average Bonchev–Trinajstić information content (AvgIpc) is 3.04. The Morgan fingerprint density at radius 1 is 1.04 bits per heavy atom. The molecule has 2 aromatic carbocycles. The maximum absolute atomic E-state index is 12.4. The first-order chi connectivity index (χ1) is 11.0. The van der Waals surface area contributed by atoms with Crippen LogP contribution in [0.1, 0.15) is 18.4 Å². The Morgan fingerprint density at radius 3 is 2.43 bits per heavy atom. The fourth-order valence-corrected chi connectivity index (χ4v) is 4.19. The molecular formula is C17H19ClN2O2S. The number of nitrogens with one attached hydrogen (secondary N) is 1. The van der Waals surface area contributed by atoms with E-state index < -0.39 is 10.0 Å². The first-order valence-corrected chi connectivity index (χ1v) is 9.65. The zero-order valence-electron chi connectivity index (χ0n) is 12.7. The Labute approximate surface area is 142 Å². The zero-order valence-corrected chi connectivity index (χ0v) is 14.3. The lowest BCUT2D eigenvalue weighted by Gasteiger charge is -2.19. The minimum atomic E-state index is -3.50. The molecule has 0 radical (unpaired) electrons. The molecule has 1 aliphatic heterocycles. The molecule has 0 saturated carbocycles. The second-order valence-corrected chi connectivity index (χ2v) is 7.83. The molecule has 1 aliphatic rings. The number of benzene rings is 2. The Hall–Kier alpha value is -1.72. The molecule has 6 heteroatoms. The van der Waals surface area contributed by atoms with Crippen molar-refractivity contribution >= 4 is 33.0 Å². The third-order valence-electron chi connectivity index (χ3n) is 3.89. The molecule has 0 bridgehead atoms. The highest BCUT2D eigenvalue weighted by Crippen LogP contribution is 2.30. The average molecular weight is 351 g/mol. The molecule has 0 aromatic heterocycles. The van der Waals surface area contributed by atoms with Crippen molar-refractivity contribution in [3.05, 3.63) is 59.1 Å². The van der Waals surface area contributed by atoms with Crippen LogP contribution in [-0.4, -0.2) is 21.5 Å². The van der Waals surface area contributed by atoms with E-state index in [0.29, 0.717) is 10.7 Å². The minimum absolute atomic E-state index is 0.0713. The lowest BCUT2D eigenvalue weighted by atomic mass is 10.2. The van der Waals surface area contributed by atoms with Crippen LogP contribution in [0.3, 0.4) is 0 Å². The second kappa shape index (κ2) is 6.81. The molecule has 4 nitrogen and oxygen atoms in total. The van der Waals surface area contributed by atoms with E-state index in [1.54, 1.807) is 18.2 Å². The summed E-state index contributed by atoms with van der Waals surface area (Å²) in [5, 5.41) is 0.407. The quantitative estimate of drug-likeness (QED) is 0.890. The van der Waals surface area contributed by atoms with Gasteiger partial charge in [0.05, 0.1) is 16.5 Å². The fraction of sp³-hybridized carbons (Fsp3) is 0.294. The monoisotopic (exact) mass is 350 g/mol. The second-order valence-electron chi connectivity index (χ2n) is 5.71. The SMILES string of the molecule is O=S(=O)(Cc1ccccc1)Nc1cc(N2CCCC2)ccc1Cl. The highest BCUT2D eigenvalue weighted by Gasteiger charge is 2.17. The molecule has 1 fully saturated rings. The molecule has 0 atom stereocenters. The molecule has 0 amide bonds. The van der Waals surface area contributed by atoms with Gasteiger partial charge < -0.3 is 4.90 Å². The van der Waals surface area contributed by atoms with Gasteiger partial charge in [0.25, 0.3) is 0 Å². The van der Waals surface area contributed by atoms with Crippen LogP contribution in [0.2, 0.25) is 5.02 Å². The smallest absolute Gasteiger partial charge is 0.236 e. The maximum Gasteiger partial charge on any atom is 0.236 e. The highest BCUT2D eigenvalue weighted by atomic mass is 35.5. The third kappa shape index (κ3) is 4.18. The highest BCUT2D eigenvalue weighted by molar-refractivity contribution is 7.91. The topological polar surface area (TPSA) is 49.4 Å². The number of halogens is 1. The molecule has 0 spiro atoms. The Morgan fingerprint density at radius 2 is 1.74 bits per heavy atom. The predicted molar refractivity (Wildman–Crippen MR) is 95.6 cm³/mol. The van der Waals surface area contributed by atoms with Crippen molar-refractivity contribution in [2.75, 3.05) is 22.7 Å². The van der Waals surface area contributed by atoms with Crippen molar-refractivity contribution in [1.29, 1.82) is 0 Å². The summed E-state index contributed by atoms with van der Waals surface area (Å²) in [7, 11) is -3.50. The first-order valence-electron chi connectivity index (χ1n) is 7.62. The summed E-state index contributed by atoms with van der Waals surface area (Å²) in [4.78, 5) is 2.24. The maximum atomic E-state index is 12.4. The number of rotatable bonds is 5. The standard InChI is InChI=1S/C17H19ClN2O2S/c18-16-9-8-15(20-10-4-5-11-20)12-17(16)19-23(21,22)13-14-6-2-1-3-7-14/h1-3,6-9,12,19H,4-5,10-11,13H2. The van der Waals surface area contributed by atoms with Gasteiger partial charge in [-0.1, -0.05) is 41.9 Å². The van der Waals surface area contributed by atoms with E-state index in [0.717, 1.165) is 37.2 Å².